The second-order valence-corrected chi connectivity index (χ2v) is 13.5. The van der Waals surface area contributed by atoms with Crippen molar-refractivity contribution >= 4 is 25.1 Å². The number of furan rings is 1. The first-order chi connectivity index (χ1) is 10.9. The summed E-state index contributed by atoms with van der Waals surface area (Å²) in [6.07, 6.45) is 16.7. The van der Waals surface area contributed by atoms with Crippen LogP contribution in [0.5, 0.6) is 0 Å². The van der Waals surface area contributed by atoms with Gasteiger partial charge in [0, 0.05) is 5.56 Å². The Morgan fingerprint density at radius 3 is 1.91 bits per heavy atom. The van der Waals surface area contributed by atoms with Crippen LogP contribution < -0.4 is 5.38 Å². The second-order valence-electron chi connectivity index (χ2n) is 7.93. The SMILES string of the molecule is CCCCCCCCCCCCC(Cl)c1coc([Si](C)(C)C)c1. The molecule has 0 amide bonds. The molecule has 134 valence electrons. The average Bonchev–Trinajstić information content (AvgIpc) is 2.99. The normalized spacial score (nSPS) is 13.4. The summed E-state index contributed by atoms with van der Waals surface area (Å²) in [7, 11) is -1.35. The zero-order valence-corrected chi connectivity index (χ0v) is 17.6. The molecular weight excluding hydrogens is 320 g/mol. The standard InChI is InChI=1S/C20H37ClOSi/c1-5-6-7-8-9-10-11-12-13-14-15-19(21)18-16-20(22-17-18)23(2,3)4/h16-17,19H,5-15H2,1-4H3. The maximum absolute atomic E-state index is 6.54. The van der Waals surface area contributed by atoms with Crippen LogP contribution >= 0.6 is 11.6 Å². The van der Waals surface area contributed by atoms with Crippen molar-refractivity contribution in [3.8, 4) is 0 Å². The minimum atomic E-state index is -1.35. The van der Waals surface area contributed by atoms with Crippen molar-refractivity contribution in [1.82, 2.24) is 0 Å². The van der Waals surface area contributed by atoms with Gasteiger partial charge in [-0.2, -0.15) is 0 Å². The highest BCUT2D eigenvalue weighted by atomic mass is 35.5. The third-order valence-corrected chi connectivity index (χ3v) is 6.74. The maximum Gasteiger partial charge on any atom is 0.123 e. The first-order valence-electron chi connectivity index (χ1n) is 9.68. The summed E-state index contributed by atoms with van der Waals surface area (Å²) in [6.45, 7) is 9.20. The zero-order chi connectivity index (χ0) is 17.1. The van der Waals surface area contributed by atoms with Gasteiger partial charge in [0.25, 0.3) is 0 Å². The van der Waals surface area contributed by atoms with E-state index in [-0.39, 0.29) is 5.38 Å². The number of alkyl halides is 1. The minimum absolute atomic E-state index is 0.123. The highest BCUT2D eigenvalue weighted by Crippen LogP contribution is 2.27. The average molecular weight is 357 g/mol. The van der Waals surface area contributed by atoms with Gasteiger partial charge in [0.05, 0.1) is 17.0 Å². The monoisotopic (exact) mass is 356 g/mol. The van der Waals surface area contributed by atoms with E-state index >= 15 is 0 Å². The van der Waals surface area contributed by atoms with Crippen LogP contribution in [-0.2, 0) is 0 Å². The summed E-state index contributed by atoms with van der Waals surface area (Å²) in [5.74, 6) is 0. The molecule has 1 aromatic heterocycles. The molecule has 3 heteroatoms. The first-order valence-corrected chi connectivity index (χ1v) is 13.6. The molecule has 0 N–H and O–H groups in total. The first kappa shape index (κ1) is 20.8. The lowest BCUT2D eigenvalue weighted by molar-refractivity contribution is 0.546. The highest BCUT2D eigenvalue weighted by Gasteiger charge is 2.22. The summed E-state index contributed by atoms with van der Waals surface area (Å²) in [6, 6.07) is 2.19. The lowest BCUT2D eigenvalue weighted by atomic mass is 10.0. The van der Waals surface area contributed by atoms with E-state index in [9.17, 15) is 0 Å². The van der Waals surface area contributed by atoms with E-state index in [1.54, 1.807) is 0 Å². The third-order valence-electron chi connectivity index (χ3n) is 4.53. The third kappa shape index (κ3) is 9.00. The van der Waals surface area contributed by atoms with Crippen LogP contribution in [0.1, 0.15) is 88.5 Å². The van der Waals surface area contributed by atoms with Gasteiger partial charge in [-0.25, -0.2) is 0 Å². The van der Waals surface area contributed by atoms with Crippen molar-refractivity contribution in [2.75, 3.05) is 0 Å². The van der Waals surface area contributed by atoms with Crippen molar-refractivity contribution in [2.24, 2.45) is 0 Å². The Hall–Kier alpha value is -0.213. The molecule has 1 atom stereocenters. The molecule has 0 radical (unpaired) electrons. The van der Waals surface area contributed by atoms with E-state index in [0.29, 0.717) is 0 Å². The van der Waals surface area contributed by atoms with Crippen LogP contribution in [0.25, 0.3) is 0 Å². The van der Waals surface area contributed by atoms with Gasteiger partial charge >= 0.3 is 0 Å². The molecular formula is C20H37ClOSi. The van der Waals surface area contributed by atoms with Crippen LogP contribution in [0.15, 0.2) is 16.7 Å². The quantitative estimate of drug-likeness (QED) is 0.203. The van der Waals surface area contributed by atoms with Crippen LogP contribution in [0.3, 0.4) is 0 Å². The van der Waals surface area contributed by atoms with E-state index in [2.05, 4.69) is 32.6 Å². The summed E-state index contributed by atoms with van der Waals surface area (Å²) >= 11 is 6.54. The van der Waals surface area contributed by atoms with Crippen LogP contribution in [0.4, 0.5) is 0 Å². The molecule has 0 bridgehead atoms. The van der Waals surface area contributed by atoms with Crippen LogP contribution in [0.2, 0.25) is 19.6 Å². The predicted molar refractivity (Wildman–Crippen MR) is 107 cm³/mol. The number of rotatable bonds is 13. The summed E-state index contributed by atoms with van der Waals surface area (Å²) in [5, 5.41) is 1.29. The van der Waals surface area contributed by atoms with Crippen molar-refractivity contribution in [3.63, 3.8) is 0 Å². The summed E-state index contributed by atoms with van der Waals surface area (Å²) < 4.78 is 5.73. The van der Waals surface area contributed by atoms with Gasteiger partial charge in [0.1, 0.15) is 8.07 Å². The van der Waals surface area contributed by atoms with E-state index in [0.717, 1.165) is 6.42 Å². The largest absolute Gasteiger partial charge is 0.474 e. The lowest BCUT2D eigenvalue weighted by Crippen LogP contribution is -2.36. The fourth-order valence-electron chi connectivity index (χ4n) is 2.89. The van der Waals surface area contributed by atoms with Crippen molar-refractivity contribution < 1.29 is 4.42 Å². The molecule has 0 aromatic carbocycles. The summed E-state index contributed by atoms with van der Waals surface area (Å²) in [5.41, 5.74) is 1.18. The topological polar surface area (TPSA) is 13.1 Å². The van der Waals surface area contributed by atoms with E-state index in [1.807, 2.05) is 6.26 Å². The Morgan fingerprint density at radius 2 is 1.43 bits per heavy atom. The zero-order valence-electron chi connectivity index (χ0n) is 15.8. The fraction of sp³-hybridized carbons (Fsp3) is 0.800. The molecule has 23 heavy (non-hydrogen) atoms. The molecule has 0 aliphatic heterocycles. The molecule has 1 unspecified atom stereocenters. The smallest absolute Gasteiger partial charge is 0.123 e. The maximum atomic E-state index is 6.54. The molecule has 0 saturated heterocycles. The van der Waals surface area contributed by atoms with E-state index < -0.39 is 8.07 Å². The Morgan fingerprint density at radius 1 is 0.913 bits per heavy atom. The fourth-order valence-corrected chi connectivity index (χ4v) is 4.17. The number of halogens is 1. The van der Waals surface area contributed by atoms with Gasteiger partial charge in [-0.3, -0.25) is 0 Å². The summed E-state index contributed by atoms with van der Waals surface area (Å²) in [4.78, 5) is 0. The minimum Gasteiger partial charge on any atom is -0.474 e. The number of unbranched alkanes of at least 4 members (excludes halogenated alkanes) is 9. The van der Waals surface area contributed by atoms with Crippen LogP contribution in [0, 0.1) is 0 Å². The lowest BCUT2D eigenvalue weighted by Gasteiger charge is -2.11. The van der Waals surface area contributed by atoms with Gasteiger partial charge in [0.2, 0.25) is 0 Å². The molecule has 0 saturated carbocycles. The van der Waals surface area contributed by atoms with Crippen molar-refractivity contribution in [2.45, 2.75) is 103 Å². The molecule has 0 aliphatic rings. The second kappa shape index (κ2) is 11.4. The van der Waals surface area contributed by atoms with Gasteiger partial charge in [-0.15, -0.1) is 11.6 Å². The van der Waals surface area contributed by atoms with Crippen molar-refractivity contribution in [3.05, 3.63) is 17.9 Å². The molecule has 0 aliphatic carbocycles. The molecule has 1 nitrogen and oxygen atoms in total. The molecule has 1 heterocycles. The van der Waals surface area contributed by atoms with Gasteiger partial charge in [-0.05, 0) is 12.5 Å². The van der Waals surface area contributed by atoms with Crippen LogP contribution in [-0.4, -0.2) is 8.07 Å². The molecule has 0 spiro atoms. The number of hydrogen-bond acceptors (Lipinski definition) is 1. The Kier molecular flexibility index (Phi) is 10.3. The van der Waals surface area contributed by atoms with E-state index in [4.69, 9.17) is 16.0 Å². The molecule has 0 fully saturated rings. The number of hydrogen-bond donors (Lipinski definition) is 0. The van der Waals surface area contributed by atoms with Gasteiger partial charge < -0.3 is 4.42 Å². The Labute approximate surface area is 150 Å². The molecule has 1 rings (SSSR count). The Balaban J connectivity index is 2.06. The predicted octanol–water partition coefficient (Wildman–Crippen LogP) is 7.42. The van der Waals surface area contributed by atoms with Gasteiger partial charge in [-0.1, -0.05) is 90.8 Å². The Bertz CT molecular complexity index is 408. The van der Waals surface area contributed by atoms with E-state index in [1.165, 1.54) is 75.2 Å². The molecule has 1 aromatic rings. The van der Waals surface area contributed by atoms with Gasteiger partial charge in [0.15, 0.2) is 0 Å². The highest BCUT2D eigenvalue weighted by molar-refractivity contribution is 6.87. The van der Waals surface area contributed by atoms with Crippen molar-refractivity contribution in [1.29, 1.82) is 0 Å².